The Balaban J connectivity index is 1.38. The zero-order valence-electron chi connectivity index (χ0n) is 26.7. The first kappa shape index (κ1) is 34.6. The molecule has 15 heteroatoms. The first-order valence-corrected chi connectivity index (χ1v) is 16.1. The predicted octanol–water partition coefficient (Wildman–Crippen LogP) is 7.53. The fourth-order valence-electron chi connectivity index (χ4n) is 8.46. The van der Waals surface area contributed by atoms with Crippen molar-refractivity contribution in [2.75, 3.05) is 16.9 Å². The number of allylic oxidation sites excluding steroid dienone is 2. The maximum Gasteiger partial charge on any atom is 0.416 e. The molecule has 0 radical (unpaired) electrons. The highest BCUT2D eigenvalue weighted by Gasteiger charge is 2.67. The Morgan fingerprint density at radius 1 is 0.824 bits per heavy atom. The quantitative estimate of drug-likeness (QED) is 0.169. The summed E-state index contributed by atoms with van der Waals surface area (Å²) in [6, 6.07) is 11.6. The summed E-state index contributed by atoms with van der Waals surface area (Å²) in [5, 5.41) is 10.4. The molecule has 6 unspecified atom stereocenters. The standard InChI is InChI=1S/C36H27ClF6N2O6/c1-34-24(31(48)45(33(34)50)19-6-4-3-5-7-19)15-23-21(28(34)16-10-25(37)29(46)26(11-16)51-2)8-9-22-27(23)32(49)44(30(22)47)20-13-17(35(38,39)40)12-18(14-20)36(41,42)43/h3-8,10-14,22-24,27-28,46H,9,15H2,1-2H3. The van der Waals surface area contributed by atoms with Gasteiger partial charge in [0.15, 0.2) is 11.5 Å². The van der Waals surface area contributed by atoms with Crippen LogP contribution in [0.1, 0.15) is 42.4 Å². The van der Waals surface area contributed by atoms with E-state index in [1.165, 1.54) is 19.2 Å². The molecule has 266 valence electrons. The molecule has 7 rings (SSSR count). The zero-order chi connectivity index (χ0) is 36.9. The second kappa shape index (κ2) is 11.6. The maximum absolute atomic E-state index is 14.5. The second-order valence-corrected chi connectivity index (χ2v) is 13.7. The van der Waals surface area contributed by atoms with E-state index in [1.54, 1.807) is 43.3 Å². The second-order valence-electron chi connectivity index (χ2n) is 13.3. The van der Waals surface area contributed by atoms with Gasteiger partial charge in [-0.15, -0.1) is 0 Å². The number of nitrogens with zero attached hydrogens (tertiary/aromatic N) is 2. The average Bonchev–Trinajstić information content (AvgIpc) is 3.44. The number of benzene rings is 3. The molecule has 1 N–H and O–H groups in total. The minimum absolute atomic E-state index is 0.0472. The number of carbonyl (C=O) groups excluding carboxylic acids is 4. The Labute approximate surface area is 291 Å². The molecule has 0 bridgehead atoms. The van der Waals surface area contributed by atoms with Gasteiger partial charge in [-0.3, -0.25) is 19.2 Å². The molecule has 2 heterocycles. The largest absolute Gasteiger partial charge is 0.503 e. The number of phenolic OH excluding ortho intramolecular Hbond substituents is 1. The molecule has 0 aromatic heterocycles. The number of ether oxygens (including phenoxy) is 1. The summed E-state index contributed by atoms with van der Waals surface area (Å²) in [6.07, 6.45) is -9.06. The highest BCUT2D eigenvalue weighted by atomic mass is 35.5. The molecule has 2 aliphatic carbocycles. The Hall–Kier alpha value is -4.85. The van der Waals surface area contributed by atoms with E-state index in [-0.39, 0.29) is 35.4 Å². The first-order chi connectivity index (χ1) is 23.9. The summed E-state index contributed by atoms with van der Waals surface area (Å²) >= 11 is 6.40. The number of fused-ring (bicyclic) bond motifs is 4. The summed E-state index contributed by atoms with van der Waals surface area (Å²) in [5.74, 6) is -9.04. The van der Waals surface area contributed by atoms with Crippen LogP contribution in [-0.4, -0.2) is 35.8 Å². The average molecular weight is 733 g/mol. The van der Waals surface area contributed by atoms with Crippen LogP contribution in [-0.2, 0) is 31.5 Å². The Morgan fingerprint density at radius 2 is 1.45 bits per heavy atom. The lowest BCUT2D eigenvalue weighted by Gasteiger charge is -2.49. The number of imide groups is 2. The van der Waals surface area contributed by atoms with Crippen molar-refractivity contribution in [3.05, 3.63) is 94.0 Å². The summed E-state index contributed by atoms with van der Waals surface area (Å²) in [5.41, 5.74) is -4.65. The van der Waals surface area contributed by atoms with Gasteiger partial charge in [0.05, 0.1) is 57.8 Å². The van der Waals surface area contributed by atoms with Crippen molar-refractivity contribution >= 4 is 46.6 Å². The van der Waals surface area contributed by atoms with Crippen molar-refractivity contribution in [2.45, 2.75) is 38.0 Å². The highest BCUT2D eigenvalue weighted by Crippen LogP contribution is 2.64. The Kier molecular flexibility index (Phi) is 7.86. The van der Waals surface area contributed by atoms with Crippen LogP contribution in [0.5, 0.6) is 11.5 Å². The van der Waals surface area contributed by atoms with Gasteiger partial charge >= 0.3 is 12.4 Å². The van der Waals surface area contributed by atoms with Crippen molar-refractivity contribution in [1.29, 1.82) is 0 Å². The van der Waals surface area contributed by atoms with Crippen molar-refractivity contribution in [1.82, 2.24) is 0 Å². The van der Waals surface area contributed by atoms with E-state index < -0.39 is 87.8 Å². The molecule has 6 atom stereocenters. The van der Waals surface area contributed by atoms with Gasteiger partial charge in [-0.05, 0) is 73.7 Å². The lowest BCUT2D eigenvalue weighted by molar-refractivity contribution is -0.143. The molecule has 2 saturated heterocycles. The van der Waals surface area contributed by atoms with Crippen LogP contribution < -0.4 is 14.5 Å². The number of anilines is 2. The Bertz CT molecular complexity index is 2020. The molecular weight excluding hydrogens is 706 g/mol. The van der Waals surface area contributed by atoms with Crippen LogP contribution >= 0.6 is 11.6 Å². The van der Waals surface area contributed by atoms with Gasteiger partial charge in [-0.2, -0.15) is 26.3 Å². The van der Waals surface area contributed by atoms with Gasteiger partial charge < -0.3 is 9.84 Å². The minimum atomic E-state index is -5.23. The number of halogens is 7. The Morgan fingerprint density at radius 3 is 2.04 bits per heavy atom. The summed E-state index contributed by atoms with van der Waals surface area (Å²) < 4.78 is 87.9. The number of amides is 4. The van der Waals surface area contributed by atoms with Crippen LogP contribution in [0.15, 0.2) is 72.3 Å². The molecule has 2 aliphatic heterocycles. The number of rotatable bonds is 4. The fraction of sp³-hybridized carbons (Fsp3) is 0.333. The number of hydrogen-bond donors (Lipinski definition) is 1. The first-order valence-electron chi connectivity index (χ1n) is 15.8. The molecule has 8 nitrogen and oxygen atoms in total. The molecule has 0 spiro atoms. The topological polar surface area (TPSA) is 104 Å². The number of carbonyl (C=O) groups is 4. The molecule has 51 heavy (non-hydrogen) atoms. The SMILES string of the molecule is COc1cc(C2C3=CCC4C(=O)N(c5cc(C(F)(F)F)cc(C(F)(F)F)c5)C(=O)C4C3CC3C(=O)N(c4ccccc4)C(=O)C32C)cc(Cl)c1O. The van der Waals surface area contributed by atoms with Crippen molar-refractivity contribution in [2.24, 2.45) is 29.1 Å². The van der Waals surface area contributed by atoms with Gasteiger partial charge in [0.2, 0.25) is 23.6 Å². The van der Waals surface area contributed by atoms with Gasteiger partial charge in [-0.25, -0.2) is 9.80 Å². The molecule has 3 aromatic rings. The summed E-state index contributed by atoms with van der Waals surface area (Å²) in [7, 11) is 1.28. The molecule has 3 aromatic carbocycles. The van der Waals surface area contributed by atoms with Gasteiger partial charge in [-0.1, -0.05) is 41.4 Å². The van der Waals surface area contributed by atoms with E-state index in [0.29, 0.717) is 33.9 Å². The lowest BCUT2D eigenvalue weighted by Crippen LogP contribution is -2.48. The molecule has 3 fully saturated rings. The van der Waals surface area contributed by atoms with Crippen LogP contribution in [0.4, 0.5) is 37.7 Å². The molecular formula is C36H27ClF6N2O6. The van der Waals surface area contributed by atoms with Crippen LogP contribution in [0.2, 0.25) is 5.02 Å². The maximum atomic E-state index is 14.5. The highest BCUT2D eigenvalue weighted by molar-refractivity contribution is 6.32. The van der Waals surface area contributed by atoms with E-state index >= 15 is 0 Å². The number of alkyl halides is 6. The normalized spacial score (nSPS) is 27.7. The summed E-state index contributed by atoms with van der Waals surface area (Å²) in [4.78, 5) is 58.3. The van der Waals surface area contributed by atoms with Crippen LogP contribution in [0.3, 0.4) is 0 Å². The van der Waals surface area contributed by atoms with Crippen molar-refractivity contribution in [3.8, 4) is 11.5 Å². The number of phenols is 1. The number of methoxy groups -OCH3 is 1. The van der Waals surface area contributed by atoms with Gasteiger partial charge in [0.1, 0.15) is 0 Å². The van der Waals surface area contributed by atoms with Crippen molar-refractivity contribution < 1.29 is 55.4 Å². The van der Waals surface area contributed by atoms with Gasteiger partial charge in [0.25, 0.3) is 0 Å². The van der Waals surface area contributed by atoms with E-state index in [1.807, 2.05) is 0 Å². The number of aromatic hydroxyl groups is 1. The van der Waals surface area contributed by atoms with E-state index in [9.17, 15) is 50.6 Å². The number of para-hydroxylation sites is 1. The van der Waals surface area contributed by atoms with Crippen LogP contribution in [0, 0.1) is 29.1 Å². The third-order valence-electron chi connectivity index (χ3n) is 10.7. The minimum Gasteiger partial charge on any atom is -0.503 e. The van der Waals surface area contributed by atoms with E-state index in [0.717, 1.165) is 4.90 Å². The lowest BCUT2D eigenvalue weighted by atomic mass is 9.51. The molecule has 4 aliphatic rings. The van der Waals surface area contributed by atoms with Crippen molar-refractivity contribution in [3.63, 3.8) is 0 Å². The predicted molar refractivity (Wildman–Crippen MR) is 170 cm³/mol. The van der Waals surface area contributed by atoms with E-state index in [2.05, 4.69) is 0 Å². The van der Waals surface area contributed by atoms with E-state index in [4.69, 9.17) is 16.3 Å². The van der Waals surface area contributed by atoms with Crippen LogP contribution in [0.25, 0.3) is 0 Å². The smallest absolute Gasteiger partial charge is 0.416 e. The zero-order valence-corrected chi connectivity index (χ0v) is 27.4. The third kappa shape index (κ3) is 5.12. The number of hydrogen-bond acceptors (Lipinski definition) is 6. The van der Waals surface area contributed by atoms with Gasteiger partial charge in [0, 0.05) is 5.92 Å². The molecule has 4 amide bonds. The summed E-state index contributed by atoms with van der Waals surface area (Å²) in [6.45, 7) is 1.61. The molecule has 1 saturated carbocycles. The monoisotopic (exact) mass is 732 g/mol. The fourth-order valence-corrected chi connectivity index (χ4v) is 8.68. The third-order valence-corrected chi connectivity index (χ3v) is 11.0.